The molecule has 0 fully saturated rings. The maximum Gasteiger partial charge on any atom is 0.256 e. The largest absolute Gasteiger partial charge is 0.361 e. The van der Waals surface area contributed by atoms with E-state index in [1.54, 1.807) is 29.2 Å². The highest BCUT2D eigenvalue weighted by molar-refractivity contribution is 5.99. The molecule has 6 heteroatoms. The molecule has 0 aliphatic carbocycles. The minimum atomic E-state index is -0.400. The Labute approximate surface area is 180 Å². The third-order valence-corrected chi connectivity index (χ3v) is 5.29. The summed E-state index contributed by atoms with van der Waals surface area (Å²) in [5, 5.41) is 6.29. The fraction of sp³-hybridized carbons (Fsp3) is 0.200. The minimum absolute atomic E-state index is 0.0886. The van der Waals surface area contributed by atoms with Crippen molar-refractivity contribution in [2.45, 2.75) is 26.1 Å². The summed E-state index contributed by atoms with van der Waals surface area (Å²) in [6.07, 6.45) is 0.464. The Bertz CT molecular complexity index is 1100. The Morgan fingerprint density at radius 2 is 1.81 bits per heavy atom. The molecule has 0 radical (unpaired) electrons. The monoisotopic (exact) mass is 417 g/mol. The van der Waals surface area contributed by atoms with Crippen LogP contribution in [0.5, 0.6) is 0 Å². The molecule has 4 rings (SSSR count). The fourth-order valence-electron chi connectivity index (χ4n) is 3.72. The quantitative estimate of drug-likeness (QED) is 0.584. The summed E-state index contributed by atoms with van der Waals surface area (Å²) >= 11 is 0. The lowest BCUT2D eigenvalue weighted by atomic mass is 10.1. The van der Waals surface area contributed by atoms with Crippen molar-refractivity contribution >= 4 is 17.5 Å². The lowest BCUT2D eigenvalue weighted by molar-refractivity contribution is 0.0728. The smallest absolute Gasteiger partial charge is 0.256 e. The van der Waals surface area contributed by atoms with Crippen LogP contribution in [0, 0.1) is 5.82 Å². The zero-order chi connectivity index (χ0) is 21.8. The highest BCUT2D eigenvalue weighted by Gasteiger charge is 2.36. The van der Waals surface area contributed by atoms with E-state index in [0.29, 0.717) is 24.2 Å². The van der Waals surface area contributed by atoms with Crippen LogP contribution >= 0.6 is 0 Å². The van der Waals surface area contributed by atoms with E-state index in [-0.39, 0.29) is 17.6 Å². The van der Waals surface area contributed by atoms with E-state index in [4.69, 9.17) is 0 Å². The molecular formula is C25H24FN3O2. The zero-order valence-electron chi connectivity index (χ0n) is 17.3. The number of hydrogen-bond acceptors (Lipinski definition) is 3. The standard InChI is InChI=1S/C25H24FN3O2/c1-2-14-27-24(30)18-6-5-7-20(15-18)28-23-21-8-3-4-9-22(21)25(31)29(23)16-17-10-12-19(26)13-11-17/h3-13,15,23,28H,2,14,16H2,1H3,(H,27,30). The van der Waals surface area contributed by atoms with Crippen molar-refractivity contribution in [1.29, 1.82) is 0 Å². The van der Waals surface area contributed by atoms with Gasteiger partial charge >= 0.3 is 0 Å². The summed E-state index contributed by atoms with van der Waals surface area (Å²) in [4.78, 5) is 27.2. The van der Waals surface area contributed by atoms with Gasteiger partial charge < -0.3 is 15.5 Å². The maximum absolute atomic E-state index is 13.3. The van der Waals surface area contributed by atoms with Crippen LogP contribution in [0.4, 0.5) is 10.1 Å². The second-order valence-corrected chi connectivity index (χ2v) is 7.53. The average molecular weight is 417 g/mol. The Kier molecular flexibility index (Phi) is 5.98. The van der Waals surface area contributed by atoms with E-state index >= 15 is 0 Å². The van der Waals surface area contributed by atoms with Gasteiger partial charge in [0, 0.05) is 35.5 Å². The molecule has 1 atom stereocenters. The van der Waals surface area contributed by atoms with E-state index in [9.17, 15) is 14.0 Å². The number of benzene rings is 3. The first-order valence-corrected chi connectivity index (χ1v) is 10.4. The van der Waals surface area contributed by atoms with Crippen molar-refractivity contribution in [2.75, 3.05) is 11.9 Å². The Hall–Kier alpha value is -3.67. The summed E-state index contributed by atoms with van der Waals surface area (Å²) in [7, 11) is 0. The molecule has 3 aromatic carbocycles. The summed E-state index contributed by atoms with van der Waals surface area (Å²) in [5.41, 5.74) is 3.64. The highest BCUT2D eigenvalue weighted by Crippen LogP contribution is 2.35. The van der Waals surface area contributed by atoms with E-state index in [1.807, 2.05) is 43.3 Å². The third kappa shape index (κ3) is 4.43. The van der Waals surface area contributed by atoms with Crippen LogP contribution in [0.25, 0.3) is 0 Å². The van der Waals surface area contributed by atoms with Gasteiger partial charge in [0.05, 0.1) is 0 Å². The molecule has 3 aromatic rings. The first-order chi connectivity index (χ1) is 15.1. The molecule has 2 amide bonds. The van der Waals surface area contributed by atoms with Gasteiger partial charge in [-0.1, -0.05) is 43.3 Å². The van der Waals surface area contributed by atoms with Gasteiger partial charge in [-0.2, -0.15) is 0 Å². The molecule has 1 aliphatic rings. The lowest BCUT2D eigenvalue weighted by Crippen LogP contribution is -2.32. The number of carbonyl (C=O) groups is 2. The highest BCUT2D eigenvalue weighted by atomic mass is 19.1. The van der Waals surface area contributed by atoms with Crippen molar-refractivity contribution in [3.63, 3.8) is 0 Å². The predicted molar refractivity (Wildman–Crippen MR) is 118 cm³/mol. The van der Waals surface area contributed by atoms with Gasteiger partial charge in [-0.3, -0.25) is 9.59 Å². The van der Waals surface area contributed by atoms with Crippen LogP contribution in [0.15, 0.2) is 72.8 Å². The molecule has 0 bridgehead atoms. The number of nitrogens with one attached hydrogen (secondary N) is 2. The fourth-order valence-corrected chi connectivity index (χ4v) is 3.72. The molecular weight excluding hydrogens is 393 g/mol. The first kappa shape index (κ1) is 20.6. The average Bonchev–Trinajstić information content (AvgIpc) is 3.05. The van der Waals surface area contributed by atoms with E-state index in [1.165, 1.54) is 12.1 Å². The molecule has 5 nitrogen and oxygen atoms in total. The molecule has 2 N–H and O–H groups in total. The molecule has 1 heterocycles. The number of fused-ring (bicyclic) bond motifs is 1. The van der Waals surface area contributed by atoms with Crippen LogP contribution in [-0.2, 0) is 6.54 Å². The minimum Gasteiger partial charge on any atom is -0.361 e. The van der Waals surface area contributed by atoms with E-state index in [0.717, 1.165) is 23.2 Å². The molecule has 158 valence electrons. The molecule has 0 spiro atoms. The van der Waals surface area contributed by atoms with Gasteiger partial charge in [-0.25, -0.2) is 4.39 Å². The van der Waals surface area contributed by atoms with E-state index < -0.39 is 6.17 Å². The van der Waals surface area contributed by atoms with Gasteiger partial charge in [0.2, 0.25) is 0 Å². The van der Waals surface area contributed by atoms with Crippen molar-refractivity contribution in [2.24, 2.45) is 0 Å². The van der Waals surface area contributed by atoms with Crippen LogP contribution in [0.1, 0.15) is 51.4 Å². The maximum atomic E-state index is 13.3. The van der Waals surface area contributed by atoms with Crippen molar-refractivity contribution in [3.05, 3.63) is 101 Å². The number of halogens is 1. The Morgan fingerprint density at radius 3 is 2.58 bits per heavy atom. The molecule has 0 saturated heterocycles. The molecule has 1 unspecified atom stereocenters. The second-order valence-electron chi connectivity index (χ2n) is 7.53. The van der Waals surface area contributed by atoms with Crippen LogP contribution in [0.3, 0.4) is 0 Å². The molecule has 1 aliphatic heterocycles. The normalized spacial score (nSPS) is 15.0. The van der Waals surface area contributed by atoms with E-state index in [2.05, 4.69) is 10.6 Å². The number of hydrogen-bond donors (Lipinski definition) is 2. The lowest BCUT2D eigenvalue weighted by Gasteiger charge is -2.27. The second kappa shape index (κ2) is 9.00. The third-order valence-electron chi connectivity index (χ3n) is 5.29. The number of rotatable bonds is 7. The summed E-state index contributed by atoms with van der Waals surface area (Å²) in [5.74, 6) is -0.529. The SMILES string of the molecule is CCCNC(=O)c1cccc(NC2c3ccccc3C(=O)N2Cc2ccc(F)cc2)c1. The first-order valence-electron chi connectivity index (χ1n) is 10.4. The van der Waals surface area contributed by atoms with Gasteiger partial charge in [0.15, 0.2) is 0 Å². The van der Waals surface area contributed by atoms with Gasteiger partial charge in [-0.05, 0) is 48.4 Å². The Balaban J connectivity index is 1.62. The number of anilines is 1. The predicted octanol–water partition coefficient (Wildman–Crippen LogP) is 4.73. The summed E-state index contributed by atoms with van der Waals surface area (Å²) in [6.45, 7) is 2.96. The van der Waals surface area contributed by atoms with Crippen LogP contribution < -0.4 is 10.6 Å². The molecule has 0 saturated carbocycles. The topological polar surface area (TPSA) is 61.4 Å². The molecule has 31 heavy (non-hydrogen) atoms. The van der Waals surface area contributed by atoms with Crippen LogP contribution in [0.2, 0.25) is 0 Å². The molecule has 0 aromatic heterocycles. The van der Waals surface area contributed by atoms with Gasteiger partial charge in [0.1, 0.15) is 12.0 Å². The van der Waals surface area contributed by atoms with Crippen molar-refractivity contribution in [3.8, 4) is 0 Å². The van der Waals surface area contributed by atoms with Gasteiger partial charge in [0.25, 0.3) is 11.8 Å². The van der Waals surface area contributed by atoms with Crippen LogP contribution in [-0.4, -0.2) is 23.3 Å². The zero-order valence-corrected chi connectivity index (χ0v) is 17.3. The summed E-state index contributed by atoms with van der Waals surface area (Å²) in [6, 6.07) is 20.9. The Morgan fingerprint density at radius 1 is 1.03 bits per heavy atom. The summed E-state index contributed by atoms with van der Waals surface area (Å²) < 4.78 is 13.3. The van der Waals surface area contributed by atoms with Gasteiger partial charge in [-0.15, -0.1) is 0 Å². The number of amides is 2. The van der Waals surface area contributed by atoms with Crippen molar-refractivity contribution in [1.82, 2.24) is 10.2 Å². The number of nitrogens with zero attached hydrogens (tertiary/aromatic N) is 1. The number of carbonyl (C=O) groups excluding carboxylic acids is 2. The van der Waals surface area contributed by atoms with Crippen molar-refractivity contribution < 1.29 is 14.0 Å².